The molecular weight excluding hydrogens is 424 g/mol. The Labute approximate surface area is 201 Å². The van der Waals surface area contributed by atoms with E-state index in [0.29, 0.717) is 18.7 Å². The molecule has 1 unspecified atom stereocenters. The van der Waals surface area contributed by atoms with Crippen LogP contribution in [-0.4, -0.2) is 71.8 Å². The predicted octanol–water partition coefficient (Wildman–Crippen LogP) is 4.10. The molecule has 0 spiro atoms. The summed E-state index contributed by atoms with van der Waals surface area (Å²) in [5, 5.41) is 0.943. The van der Waals surface area contributed by atoms with E-state index < -0.39 is 0 Å². The number of nitrogens with zero attached hydrogens (tertiary/aromatic N) is 3. The van der Waals surface area contributed by atoms with E-state index in [9.17, 15) is 9.59 Å². The number of para-hydroxylation sites is 1. The normalized spacial score (nSPS) is 20.6. The first-order valence-corrected chi connectivity index (χ1v) is 12.4. The van der Waals surface area contributed by atoms with Crippen LogP contribution in [0.1, 0.15) is 41.6 Å². The Balaban J connectivity index is 1.26. The molecule has 0 saturated carbocycles. The first-order chi connectivity index (χ1) is 16.5. The molecule has 2 aliphatic rings. The van der Waals surface area contributed by atoms with Gasteiger partial charge in [-0.25, -0.2) is 0 Å². The molecule has 6 nitrogen and oxygen atoms in total. The summed E-state index contributed by atoms with van der Waals surface area (Å²) in [5.74, 6) is 0.104. The van der Waals surface area contributed by atoms with Gasteiger partial charge in [-0.05, 0) is 51.4 Å². The van der Waals surface area contributed by atoms with Crippen LogP contribution in [0.15, 0.2) is 60.8 Å². The molecule has 5 rings (SSSR count). The fourth-order valence-electron chi connectivity index (χ4n) is 5.88. The van der Waals surface area contributed by atoms with Gasteiger partial charge in [-0.2, -0.15) is 0 Å². The SMILES string of the molecule is CN(C)C1(c2ccccc2)CCN(C(=O)C2CCCN(C(=O)c3c[nH]c4ccccc34)C2)CC1. The van der Waals surface area contributed by atoms with Gasteiger partial charge < -0.3 is 14.8 Å². The number of H-pyrrole nitrogens is 1. The van der Waals surface area contributed by atoms with Crippen LogP contribution in [0.3, 0.4) is 0 Å². The van der Waals surface area contributed by atoms with Crippen molar-refractivity contribution in [2.45, 2.75) is 31.2 Å². The van der Waals surface area contributed by atoms with Crippen molar-refractivity contribution in [2.75, 3.05) is 40.3 Å². The molecule has 0 radical (unpaired) electrons. The number of rotatable bonds is 4. The minimum Gasteiger partial charge on any atom is -0.360 e. The standard InChI is InChI=1S/C28H34N4O2/c1-30(2)28(22-10-4-3-5-11-22)14-17-31(18-15-28)26(33)21-9-8-16-32(20-21)27(34)24-19-29-25-13-7-6-12-23(24)25/h3-7,10-13,19,21,29H,8-9,14-18,20H2,1-2H3. The maximum Gasteiger partial charge on any atom is 0.256 e. The van der Waals surface area contributed by atoms with Crippen molar-refractivity contribution in [1.82, 2.24) is 19.7 Å². The van der Waals surface area contributed by atoms with Crippen LogP contribution in [0.25, 0.3) is 10.9 Å². The molecule has 1 N–H and O–H groups in total. The Morgan fingerprint density at radius 1 is 0.941 bits per heavy atom. The molecule has 3 aromatic rings. The second kappa shape index (κ2) is 9.26. The number of aromatic amines is 1. The van der Waals surface area contributed by atoms with Crippen LogP contribution in [0.2, 0.25) is 0 Å². The van der Waals surface area contributed by atoms with Gasteiger partial charge >= 0.3 is 0 Å². The second-order valence-electron chi connectivity index (χ2n) is 9.96. The van der Waals surface area contributed by atoms with Crippen LogP contribution in [0, 0.1) is 5.92 Å². The fourth-order valence-corrected chi connectivity index (χ4v) is 5.88. The summed E-state index contributed by atoms with van der Waals surface area (Å²) >= 11 is 0. The van der Waals surface area contributed by atoms with Gasteiger partial charge in [0, 0.05) is 48.8 Å². The lowest BCUT2D eigenvalue weighted by molar-refractivity contribution is -0.139. The zero-order valence-electron chi connectivity index (χ0n) is 20.2. The van der Waals surface area contributed by atoms with E-state index in [1.54, 1.807) is 6.20 Å². The summed E-state index contributed by atoms with van der Waals surface area (Å²) in [7, 11) is 4.28. The smallest absolute Gasteiger partial charge is 0.256 e. The van der Waals surface area contributed by atoms with E-state index in [-0.39, 0.29) is 23.3 Å². The molecule has 2 amide bonds. The molecule has 2 aromatic carbocycles. The number of hydrogen-bond donors (Lipinski definition) is 1. The summed E-state index contributed by atoms with van der Waals surface area (Å²) in [6.45, 7) is 2.71. The van der Waals surface area contributed by atoms with Crippen LogP contribution in [-0.2, 0) is 10.3 Å². The highest BCUT2D eigenvalue weighted by atomic mass is 16.2. The molecule has 178 valence electrons. The van der Waals surface area contributed by atoms with Crippen molar-refractivity contribution in [3.05, 3.63) is 71.9 Å². The number of carbonyl (C=O) groups is 2. The zero-order chi connectivity index (χ0) is 23.7. The molecule has 0 bridgehead atoms. The van der Waals surface area contributed by atoms with Gasteiger partial charge in [-0.3, -0.25) is 14.5 Å². The van der Waals surface area contributed by atoms with E-state index in [1.807, 2.05) is 34.1 Å². The number of aromatic nitrogens is 1. The largest absolute Gasteiger partial charge is 0.360 e. The first kappa shape index (κ1) is 22.7. The summed E-state index contributed by atoms with van der Waals surface area (Å²) < 4.78 is 0. The lowest BCUT2D eigenvalue weighted by Gasteiger charge is -2.47. The molecule has 2 fully saturated rings. The Kier molecular flexibility index (Phi) is 6.17. The van der Waals surface area contributed by atoms with Gasteiger partial charge in [0.2, 0.25) is 5.91 Å². The number of benzene rings is 2. The molecule has 2 saturated heterocycles. The van der Waals surface area contributed by atoms with Crippen molar-refractivity contribution < 1.29 is 9.59 Å². The first-order valence-electron chi connectivity index (χ1n) is 12.4. The maximum atomic E-state index is 13.5. The summed E-state index contributed by atoms with van der Waals surface area (Å²) in [6.07, 6.45) is 5.35. The monoisotopic (exact) mass is 458 g/mol. The van der Waals surface area contributed by atoms with Crippen LogP contribution < -0.4 is 0 Å². The molecular formula is C28H34N4O2. The highest BCUT2D eigenvalue weighted by Gasteiger charge is 2.41. The minimum atomic E-state index is -0.119. The third kappa shape index (κ3) is 4.00. The van der Waals surface area contributed by atoms with Gasteiger partial charge in [-0.15, -0.1) is 0 Å². The average Bonchev–Trinajstić information content (AvgIpc) is 3.32. The highest BCUT2D eigenvalue weighted by molar-refractivity contribution is 6.06. The Morgan fingerprint density at radius 2 is 1.65 bits per heavy atom. The van der Waals surface area contributed by atoms with Crippen molar-refractivity contribution >= 4 is 22.7 Å². The van der Waals surface area contributed by atoms with E-state index >= 15 is 0 Å². The number of piperidine rings is 2. The molecule has 2 aliphatic heterocycles. The van der Waals surface area contributed by atoms with E-state index in [1.165, 1.54) is 5.56 Å². The average molecular weight is 459 g/mol. The van der Waals surface area contributed by atoms with Crippen molar-refractivity contribution in [2.24, 2.45) is 5.92 Å². The Hall–Kier alpha value is -3.12. The van der Waals surface area contributed by atoms with Crippen LogP contribution >= 0.6 is 0 Å². The topological polar surface area (TPSA) is 59.6 Å². The fraction of sp³-hybridized carbons (Fsp3) is 0.429. The molecule has 1 atom stereocenters. The minimum absolute atomic E-state index is 0.0179. The molecule has 3 heterocycles. The number of amides is 2. The van der Waals surface area contributed by atoms with Gasteiger partial charge in [-0.1, -0.05) is 48.5 Å². The number of fused-ring (bicyclic) bond motifs is 1. The predicted molar refractivity (Wildman–Crippen MR) is 135 cm³/mol. The number of nitrogens with one attached hydrogen (secondary N) is 1. The van der Waals surface area contributed by atoms with E-state index in [4.69, 9.17) is 0 Å². The quantitative estimate of drug-likeness (QED) is 0.640. The number of carbonyl (C=O) groups excluding carboxylic acids is 2. The lowest BCUT2D eigenvalue weighted by atomic mass is 9.79. The summed E-state index contributed by atoms with van der Waals surface area (Å²) in [4.78, 5) is 36.2. The Bertz CT molecular complexity index is 1160. The maximum absolute atomic E-state index is 13.5. The molecule has 1 aromatic heterocycles. The van der Waals surface area contributed by atoms with Gasteiger partial charge in [0.25, 0.3) is 5.91 Å². The number of likely N-dealkylation sites (tertiary alicyclic amines) is 2. The third-order valence-corrected chi connectivity index (χ3v) is 7.95. The zero-order valence-corrected chi connectivity index (χ0v) is 20.2. The van der Waals surface area contributed by atoms with Crippen molar-refractivity contribution in [3.8, 4) is 0 Å². The second-order valence-corrected chi connectivity index (χ2v) is 9.96. The third-order valence-electron chi connectivity index (χ3n) is 7.95. The van der Waals surface area contributed by atoms with Crippen LogP contribution in [0.5, 0.6) is 0 Å². The number of hydrogen-bond acceptors (Lipinski definition) is 3. The van der Waals surface area contributed by atoms with E-state index in [0.717, 1.165) is 49.7 Å². The van der Waals surface area contributed by atoms with Gasteiger partial charge in [0.15, 0.2) is 0 Å². The van der Waals surface area contributed by atoms with Gasteiger partial charge in [0.1, 0.15) is 0 Å². The van der Waals surface area contributed by atoms with E-state index in [2.05, 4.69) is 54.3 Å². The van der Waals surface area contributed by atoms with Crippen molar-refractivity contribution in [3.63, 3.8) is 0 Å². The van der Waals surface area contributed by atoms with Gasteiger partial charge in [0.05, 0.1) is 11.5 Å². The molecule has 34 heavy (non-hydrogen) atoms. The van der Waals surface area contributed by atoms with Crippen molar-refractivity contribution in [1.29, 1.82) is 0 Å². The summed E-state index contributed by atoms with van der Waals surface area (Å²) in [5.41, 5.74) is 2.94. The molecule has 0 aliphatic carbocycles. The van der Waals surface area contributed by atoms with Crippen LogP contribution in [0.4, 0.5) is 0 Å². The summed E-state index contributed by atoms with van der Waals surface area (Å²) in [6, 6.07) is 18.5. The molecule has 6 heteroatoms. The highest BCUT2D eigenvalue weighted by Crippen LogP contribution is 2.38. The lowest BCUT2D eigenvalue weighted by Crippen LogP contribution is -2.54. The Morgan fingerprint density at radius 3 is 2.38 bits per heavy atom.